The van der Waals surface area contributed by atoms with Crippen molar-refractivity contribution in [3.8, 4) is 11.5 Å². The second-order valence-electron chi connectivity index (χ2n) is 6.75. The average molecular weight is 382 g/mol. The van der Waals surface area contributed by atoms with Crippen molar-refractivity contribution in [1.29, 1.82) is 0 Å². The van der Waals surface area contributed by atoms with Crippen LogP contribution in [0.25, 0.3) is 11.5 Å². The van der Waals surface area contributed by atoms with E-state index < -0.39 is 0 Å². The molecule has 1 aromatic carbocycles. The zero-order valence-electron chi connectivity index (χ0n) is 15.2. The normalized spacial score (nSPS) is 15.2. The number of carbonyl (C=O) groups is 1. The molecule has 1 amide bonds. The summed E-state index contributed by atoms with van der Waals surface area (Å²) in [6.45, 7) is 4.21. The highest BCUT2D eigenvalue weighted by molar-refractivity contribution is 7.09. The molecular formula is C21H23N3O2S. The number of rotatable bonds is 6. The van der Waals surface area contributed by atoms with E-state index in [2.05, 4.69) is 22.0 Å². The summed E-state index contributed by atoms with van der Waals surface area (Å²) in [4.78, 5) is 21.5. The Morgan fingerprint density at radius 2 is 1.89 bits per heavy atom. The van der Waals surface area contributed by atoms with E-state index in [0.717, 1.165) is 55.6 Å². The third-order valence-corrected chi connectivity index (χ3v) is 5.71. The van der Waals surface area contributed by atoms with Gasteiger partial charge in [-0.3, -0.25) is 9.69 Å². The summed E-state index contributed by atoms with van der Waals surface area (Å²) in [5.74, 6) is 1.07. The first-order valence-corrected chi connectivity index (χ1v) is 10.2. The zero-order chi connectivity index (χ0) is 18.5. The highest BCUT2D eigenvalue weighted by Gasteiger charge is 2.21. The minimum Gasteiger partial charge on any atom is -0.463 e. The number of piperazine rings is 1. The molecule has 0 atom stereocenters. The van der Waals surface area contributed by atoms with Crippen LogP contribution in [0.2, 0.25) is 0 Å². The van der Waals surface area contributed by atoms with Crippen LogP contribution in [0.5, 0.6) is 0 Å². The number of carbonyl (C=O) groups excluding carboxylic acids is 1. The van der Waals surface area contributed by atoms with Gasteiger partial charge in [-0.15, -0.1) is 11.3 Å². The molecule has 6 heteroatoms. The number of aromatic nitrogens is 1. The van der Waals surface area contributed by atoms with E-state index in [-0.39, 0.29) is 5.91 Å². The summed E-state index contributed by atoms with van der Waals surface area (Å²) in [6.07, 6.45) is 3.07. The van der Waals surface area contributed by atoms with E-state index in [1.165, 1.54) is 5.56 Å². The molecule has 0 radical (unpaired) electrons. The van der Waals surface area contributed by atoms with Gasteiger partial charge in [0.2, 0.25) is 5.91 Å². The molecule has 0 aliphatic carbocycles. The maximum atomic E-state index is 12.5. The third-order valence-electron chi connectivity index (χ3n) is 4.88. The highest BCUT2D eigenvalue weighted by Crippen LogP contribution is 2.23. The van der Waals surface area contributed by atoms with Crippen LogP contribution < -0.4 is 0 Å². The van der Waals surface area contributed by atoms with E-state index in [4.69, 9.17) is 4.42 Å². The van der Waals surface area contributed by atoms with Gasteiger partial charge in [-0.2, -0.15) is 0 Å². The smallest absolute Gasteiger partial charge is 0.222 e. The maximum Gasteiger partial charge on any atom is 0.222 e. The van der Waals surface area contributed by atoms with Crippen molar-refractivity contribution in [2.24, 2.45) is 0 Å². The predicted molar refractivity (Wildman–Crippen MR) is 106 cm³/mol. The van der Waals surface area contributed by atoms with Crippen LogP contribution >= 0.6 is 11.3 Å². The van der Waals surface area contributed by atoms with E-state index in [1.807, 2.05) is 40.6 Å². The standard InChI is InChI=1S/C21H23N3O2S/c25-21(9-8-17-5-2-1-3-6-17)24-12-10-23(11-13-24)15-20-22-18(16-27-20)19-7-4-14-26-19/h1-7,14,16H,8-13,15H2. The van der Waals surface area contributed by atoms with E-state index in [1.54, 1.807) is 17.6 Å². The molecular weight excluding hydrogens is 358 g/mol. The molecule has 2 aromatic heterocycles. The van der Waals surface area contributed by atoms with Gasteiger partial charge in [0.1, 0.15) is 10.7 Å². The van der Waals surface area contributed by atoms with Crippen LogP contribution in [0.3, 0.4) is 0 Å². The average Bonchev–Trinajstić information content (AvgIpc) is 3.39. The van der Waals surface area contributed by atoms with Crippen molar-refractivity contribution >= 4 is 17.2 Å². The Balaban J connectivity index is 1.23. The molecule has 1 fully saturated rings. The summed E-state index contributed by atoms with van der Waals surface area (Å²) >= 11 is 1.66. The van der Waals surface area contributed by atoms with Crippen LogP contribution in [0, 0.1) is 0 Å². The van der Waals surface area contributed by atoms with Crippen molar-refractivity contribution in [2.75, 3.05) is 26.2 Å². The molecule has 4 rings (SSSR count). The Morgan fingerprint density at radius 1 is 1.07 bits per heavy atom. The SMILES string of the molecule is O=C(CCc1ccccc1)N1CCN(Cc2nc(-c3ccco3)cs2)CC1. The molecule has 1 aliphatic rings. The van der Waals surface area contributed by atoms with Crippen molar-refractivity contribution in [2.45, 2.75) is 19.4 Å². The Labute approximate surface area is 163 Å². The third kappa shape index (κ3) is 4.64. The predicted octanol–water partition coefficient (Wildman–Crippen LogP) is 3.68. The Morgan fingerprint density at radius 3 is 2.63 bits per heavy atom. The van der Waals surface area contributed by atoms with Crippen LogP contribution in [0.1, 0.15) is 17.0 Å². The molecule has 0 bridgehead atoms. The first-order valence-electron chi connectivity index (χ1n) is 9.30. The maximum absolute atomic E-state index is 12.5. The fraction of sp³-hybridized carbons (Fsp3) is 0.333. The molecule has 1 saturated heterocycles. The zero-order valence-corrected chi connectivity index (χ0v) is 16.0. The number of thiazole rings is 1. The summed E-state index contributed by atoms with van der Waals surface area (Å²) in [6, 6.07) is 14.0. The van der Waals surface area contributed by atoms with Crippen LogP contribution in [0.15, 0.2) is 58.5 Å². The lowest BCUT2D eigenvalue weighted by molar-refractivity contribution is -0.133. The lowest BCUT2D eigenvalue weighted by Crippen LogP contribution is -2.48. The number of nitrogens with zero attached hydrogens (tertiary/aromatic N) is 3. The molecule has 0 saturated carbocycles. The lowest BCUT2D eigenvalue weighted by atomic mass is 10.1. The number of hydrogen-bond acceptors (Lipinski definition) is 5. The van der Waals surface area contributed by atoms with Gasteiger partial charge >= 0.3 is 0 Å². The second-order valence-corrected chi connectivity index (χ2v) is 7.69. The Hall–Kier alpha value is -2.44. The number of hydrogen-bond donors (Lipinski definition) is 0. The molecule has 3 heterocycles. The molecule has 0 spiro atoms. The minimum absolute atomic E-state index is 0.257. The molecule has 3 aromatic rings. The number of furan rings is 1. The van der Waals surface area contributed by atoms with Crippen molar-refractivity contribution < 1.29 is 9.21 Å². The number of aryl methyl sites for hydroxylation is 1. The summed E-state index contributed by atoms with van der Waals surface area (Å²) in [5.41, 5.74) is 2.12. The van der Waals surface area contributed by atoms with Gasteiger partial charge in [0.05, 0.1) is 12.8 Å². The Bertz CT molecular complexity index is 853. The first kappa shape index (κ1) is 17.9. The summed E-state index contributed by atoms with van der Waals surface area (Å²) < 4.78 is 5.40. The Kier molecular flexibility index (Phi) is 5.65. The fourth-order valence-electron chi connectivity index (χ4n) is 3.32. The van der Waals surface area contributed by atoms with Crippen LogP contribution in [-0.2, 0) is 17.8 Å². The van der Waals surface area contributed by atoms with Gasteiger partial charge in [-0.05, 0) is 24.1 Å². The van der Waals surface area contributed by atoms with E-state index in [9.17, 15) is 4.79 Å². The highest BCUT2D eigenvalue weighted by atomic mass is 32.1. The lowest BCUT2D eigenvalue weighted by Gasteiger charge is -2.34. The molecule has 5 nitrogen and oxygen atoms in total. The largest absolute Gasteiger partial charge is 0.463 e. The van der Waals surface area contributed by atoms with Crippen LogP contribution in [-0.4, -0.2) is 46.9 Å². The van der Waals surface area contributed by atoms with Gasteiger partial charge in [0.25, 0.3) is 0 Å². The van der Waals surface area contributed by atoms with Gasteiger partial charge < -0.3 is 9.32 Å². The second kappa shape index (κ2) is 8.50. The summed E-state index contributed by atoms with van der Waals surface area (Å²) in [7, 11) is 0. The minimum atomic E-state index is 0.257. The van der Waals surface area contributed by atoms with Crippen LogP contribution in [0.4, 0.5) is 0 Å². The molecule has 0 unspecified atom stereocenters. The van der Waals surface area contributed by atoms with Crippen molar-refractivity contribution in [1.82, 2.24) is 14.8 Å². The number of amides is 1. The monoisotopic (exact) mass is 381 g/mol. The topological polar surface area (TPSA) is 49.6 Å². The molecule has 0 N–H and O–H groups in total. The van der Waals surface area contributed by atoms with E-state index >= 15 is 0 Å². The van der Waals surface area contributed by atoms with Gasteiger partial charge in [-0.25, -0.2) is 4.98 Å². The van der Waals surface area contributed by atoms with Gasteiger partial charge in [0, 0.05) is 38.0 Å². The van der Waals surface area contributed by atoms with Crippen molar-refractivity contribution in [3.63, 3.8) is 0 Å². The molecule has 140 valence electrons. The first-order chi connectivity index (χ1) is 13.3. The van der Waals surface area contributed by atoms with Gasteiger partial charge in [-0.1, -0.05) is 30.3 Å². The van der Waals surface area contributed by atoms with E-state index in [0.29, 0.717) is 6.42 Å². The fourth-order valence-corrected chi connectivity index (χ4v) is 4.15. The summed E-state index contributed by atoms with van der Waals surface area (Å²) in [5, 5.41) is 3.13. The van der Waals surface area contributed by atoms with Crippen molar-refractivity contribution in [3.05, 3.63) is 64.7 Å². The number of benzene rings is 1. The molecule has 1 aliphatic heterocycles. The quantitative estimate of drug-likeness (QED) is 0.654. The van der Waals surface area contributed by atoms with Gasteiger partial charge in [0.15, 0.2) is 5.76 Å². The molecule has 27 heavy (non-hydrogen) atoms.